The maximum absolute atomic E-state index is 12.3. The van der Waals surface area contributed by atoms with Crippen molar-refractivity contribution >= 4 is 10.8 Å². The van der Waals surface area contributed by atoms with Gasteiger partial charge in [0.05, 0.1) is 10.8 Å². The Morgan fingerprint density at radius 3 is 2.26 bits per heavy atom. The van der Waals surface area contributed by atoms with Crippen LogP contribution >= 0.6 is 0 Å². The monoisotopic (exact) mass is 283 g/mol. The van der Waals surface area contributed by atoms with Gasteiger partial charge in [-0.2, -0.15) is 0 Å². The molecule has 0 amide bonds. The van der Waals surface area contributed by atoms with Crippen LogP contribution in [0.2, 0.25) is 0 Å². The zero-order chi connectivity index (χ0) is 14.6. The fourth-order valence-electron chi connectivity index (χ4n) is 1.94. The van der Waals surface area contributed by atoms with E-state index in [1.807, 2.05) is 38.1 Å². The SMILES string of the molecule is CC[C@H](C[S@@](=O)c1ccc(C)cc1)C(C)(C)[N+](=O)[O-]. The van der Waals surface area contributed by atoms with Crippen LogP contribution in [0.1, 0.15) is 32.8 Å². The topological polar surface area (TPSA) is 60.2 Å². The standard InChI is InChI=1S/C14H21NO3S/c1-5-12(14(3,4)15(16)17)10-19(18)13-8-6-11(2)7-9-13/h6-9,12H,5,10H2,1-4H3/t12-,19-/m1/s1. The summed E-state index contributed by atoms with van der Waals surface area (Å²) in [5.41, 5.74) is 0.0631. The highest BCUT2D eigenvalue weighted by atomic mass is 32.2. The third kappa shape index (κ3) is 3.86. The molecule has 0 aliphatic carbocycles. The maximum Gasteiger partial charge on any atom is 0.220 e. The van der Waals surface area contributed by atoms with Gasteiger partial charge in [0.15, 0.2) is 0 Å². The second kappa shape index (κ2) is 6.28. The Morgan fingerprint density at radius 2 is 1.84 bits per heavy atom. The summed E-state index contributed by atoms with van der Waals surface area (Å²) in [6, 6.07) is 7.48. The average Bonchev–Trinajstić information content (AvgIpc) is 2.35. The molecule has 0 aliphatic rings. The summed E-state index contributed by atoms with van der Waals surface area (Å²) in [5.74, 6) is 0.123. The fourth-order valence-corrected chi connectivity index (χ4v) is 3.58. The van der Waals surface area contributed by atoms with E-state index in [-0.39, 0.29) is 10.8 Å². The molecule has 106 valence electrons. The third-order valence-electron chi connectivity index (χ3n) is 3.60. The number of rotatable bonds is 6. The van der Waals surface area contributed by atoms with Crippen LogP contribution in [0.25, 0.3) is 0 Å². The zero-order valence-corrected chi connectivity index (χ0v) is 12.7. The molecule has 0 unspecified atom stereocenters. The van der Waals surface area contributed by atoms with E-state index in [1.54, 1.807) is 13.8 Å². The average molecular weight is 283 g/mol. The molecular formula is C14H21NO3S. The molecule has 19 heavy (non-hydrogen) atoms. The molecule has 4 nitrogen and oxygen atoms in total. The zero-order valence-electron chi connectivity index (χ0n) is 11.9. The van der Waals surface area contributed by atoms with Gasteiger partial charge in [-0.15, -0.1) is 0 Å². The Morgan fingerprint density at radius 1 is 1.32 bits per heavy atom. The summed E-state index contributed by atoms with van der Waals surface area (Å²) in [7, 11) is -1.19. The summed E-state index contributed by atoms with van der Waals surface area (Å²) in [4.78, 5) is 11.6. The number of hydrogen-bond donors (Lipinski definition) is 0. The predicted molar refractivity (Wildman–Crippen MR) is 77.3 cm³/mol. The van der Waals surface area contributed by atoms with Gasteiger partial charge in [0, 0.05) is 35.3 Å². The molecule has 0 aliphatic heterocycles. The van der Waals surface area contributed by atoms with Crippen molar-refractivity contribution in [1.29, 1.82) is 0 Å². The van der Waals surface area contributed by atoms with E-state index in [0.29, 0.717) is 12.2 Å². The summed E-state index contributed by atoms with van der Waals surface area (Å²) in [5, 5.41) is 11.1. The van der Waals surface area contributed by atoms with Crippen molar-refractivity contribution in [1.82, 2.24) is 0 Å². The van der Waals surface area contributed by atoms with Crippen molar-refractivity contribution in [3.8, 4) is 0 Å². The first-order valence-electron chi connectivity index (χ1n) is 6.38. The number of nitro groups is 1. The lowest BCUT2D eigenvalue weighted by Gasteiger charge is -2.25. The number of benzene rings is 1. The molecule has 0 bridgehead atoms. The molecule has 5 heteroatoms. The van der Waals surface area contributed by atoms with Gasteiger partial charge in [0.25, 0.3) is 0 Å². The highest BCUT2D eigenvalue weighted by Crippen LogP contribution is 2.26. The summed E-state index contributed by atoms with van der Waals surface area (Å²) < 4.78 is 12.3. The molecule has 0 fully saturated rings. The fraction of sp³-hybridized carbons (Fsp3) is 0.571. The molecular weight excluding hydrogens is 262 g/mol. The van der Waals surface area contributed by atoms with Crippen LogP contribution in [0.15, 0.2) is 29.2 Å². The Balaban J connectivity index is 2.85. The normalized spacial score (nSPS) is 14.9. The first-order valence-corrected chi connectivity index (χ1v) is 7.70. The molecule has 0 aromatic heterocycles. The number of aryl methyl sites for hydroxylation is 1. The molecule has 1 rings (SSSR count). The minimum absolute atomic E-state index is 0.204. The van der Waals surface area contributed by atoms with Crippen LogP contribution in [0.4, 0.5) is 0 Å². The summed E-state index contributed by atoms with van der Waals surface area (Å²) in [6.45, 7) is 7.08. The van der Waals surface area contributed by atoms with Crippen molar-refractivity contribution in [2.75, 3.05) is 5.75 Å². The molecule has 1 aromatic carbocycles. The Hall–Kier alpha value is -1.23. The van der Waals surface area contributed by atoms with Crippen molar-refractivity contribution < 1.29 is 9.13 Å². The lowest BCUT2D eigenvalue weighted by Crippen LogP contribution is -2.42. The molecule has 2 atom stereocenters. The van der Waals surface area contributed by atoms with Gasteiger partial charge in [0.1, 0.15) is 0 Å². The summed E-state index contributed by atoms with van der Waals surface area (Å²) in [6.07, 6.45) is 0.644. The smallest absolute Gasteiger partial charge is 0.220 e. The minimum atomic E-state index is -1.19. The van der Waals surface area contributed by atoms with Gasteiger partial charge in [0.2, 0.25) is 5.54 Å². The minimum Gasteiger partial charge on any atom is -0.264 e. The van der Waals surface area contributed by atoms with Crippen LogP contribution in [0, 0.1) is 23.0 Å². The lowest BCUT2D eigenvalue weighted by atomic mass is 9.88. The van der Waals surface area contributed by atoms with Crippen LogP contribution < -0.4 is 0 Å². The van der Waals surface area contributed by atoms with Gasteiger partial charge in [-0.05, 0) is 25.5 Å². The van der Waals surface area contributed by atoms with Crippen LogP contribution in [0.5, 0.6) is 0 Å². The first-order chi connectivity index (χ1) is 8.78. The molecule has 0 N–H and O–H groups in total. The maximum atomic E-state index is 12.3. The highest BCUT2D eigenvalue weighted by Gasteiger charge is 2.40. The van der Waals surface area contributed by atoms with Crippen LogP contribution in [0.3, 0.4) is 0 Å². The van der Waals surface area contributed by atoms with Gasteiger partial charge >= 0.3 is 0 Å². The largest absolute Gasteiger partial charge is 0.264 e. The quantitative estimate of drug-likeness (QED) is 0.595. The molecule has 0 saturated carbocycles. The molecule has 0 heterocycles. The predicted octanol–water partition coefficient (Wildman–Crippen LogP) is 3.18. The molecule has 0 saturated heterocycles. The van der Waals surface area contributed by atoms with E-state index in [9.17, 15) is 14.3 Å². The second-order valence-corrected chi connectivity index (χ2v) is 6.84. The van der Waals surface area contributed by atoms with Gasteiger partial charge in [-0.1, -0.05) is 24.6 Å². The molecule has 0 spiro atoms. The van der Waals surface area contributed by atoms with Crippen molar-refractivity contribution in [2.45, 2.75) is 44.6 Å². The van der Waals surface area contributed by atoms with Gasteiger partial charge in [-0.3, -0.25) is 14.3 Å². The van der Waals surface area contributed by atoms with Crippen LogP contribution in [-0.4, -0.2) is 20.4 Å². The Bertz CT molecular complexity index is 468. The van der Waals surface area contributed by atoms with Crippen molar-refractivity contribution in [2.24, 2.45) is 5.92 Å². The van der Waals surface area contributed by atoms with E-state index in [2.05, 4.69) is 0 Å². The van der Waals surface area contributed by atoms with Crippen molar-refractivity contribution in [3.05, 3.63) is 39.9 Å². The van der Waals surface area contributed by atoms with E-state index < -0.39 is 16.3 Å². The van der Waals surface area contributed by atoms with E-state index in [4.69, 9.17) is 0 Å². The lowest BCUT2D eigenvalue weighted by molar-refractivity contribution is -0.570. The second-order valence-electron chi connectivity index (χ2n) is 5.34. The molecule has 0 radical (unpaired) electrons. The number of hydrogen-bond acceptors (Lipinski definition) is 3. The first kappa shape index (κ1) is 15.8. The molecule has 1 aromatic rings. The van der Waals surface area contributed by atoms with Crippen molar-refractivity contribution in [3.63, 3.8) is 0 Å². The third-order valence-corrected chi connectivity index (χ3v) is 5.10. The van der Waals surface area contributed by atoms with E-state index in [0.717, 1.165) is 10.5 Å². The van der Waals surface area contributed by atoms with E-state index in [1.165, 1.54) is 0 Å². The number of nitrogens with zero attached hydrogens (tertiary/aromatic N) is 1. The summed E-state index contributed by atoms with van der Waals surface area (Å²) >= 11 is 0. The van der Waals surface area contributed by atoms with Gasteiger partial charge < -0.3 is 0 Å². The van der Waals surface area contributed by atoms with Crippen LogP contribution in [-0.2, 0) is 10.8 Å². The van der Waals surface area contributed by atoms with E-state index >= 15 is 0 Å². The van der Waals surface area contributed by atoms with Gasteiger partial charge in [-0.25, -0.2) is 0 Å². The Kier molecular flexibility index (Phi) is 5.23. The highest BCUT2D eigenvalue weighted by molar-refractivity contribution is 7.85. The Labute approximate surface area is 116 Å².